The van der Waals surface area contributed by atoms with Gasteiger partial charge in [0.1, 0.15) is 5.01 Å². The van der Waals surface area contributed by atoms with E-state index < -0.39 is 0 Å². The summed E-state index contributed by atoms with van der Waals surface area (Å²) < 4.78 is 2.12. The van der Waals surface area contributed by atoms with Crippen molar-refractivity contribution in [2.24, 2.45) is 0 Å². The first-order valence-corrected chi connectivity index (χ1v) is 4.68. The van der Waals surface area contributed by atoms with Crippen LogP contribution in [0.15, 0.2) is 30.7 Å². The molecule has 0 aliphatic rings. The summed E-state index contributed by atoms with van der Waals surface area (Å²) in [5.74, 6) is 0. The smallest absolute Gasteiger partial charge is 0.113 e. The Kier molecular flexibility index (Phi) is 1.96. The summed E-state index contributed by atoms with van der Waals surface area (Å²) in [6.45, 7) is 2.97. The van der Waals surface area contributed by atoms with Crippen molar-refractivity contribution in [1.82, 2.24) is 9.55 Å². The van der Waals surface area contributed by atoms with Gasteiger partial charge in [0.25, 0.3) is 0 Å². The van der Waals surface area contributed by atoms with E-state index >= 15 is 0 Å². The number of thiazole rings is 1. The van der Waals surface area contributed by atoms with Gasteiger partial charge in [0.15, 0.2) is 0 Å². The molecule has 0 unspecified atom stereocenters. The summed E-state index contributed by atoms with van der Waals surface area (Å²) in [4.78, 5) is 5.56. The predicted molar refractivity (Wildman–Crippen MR) is 50.4 cm³/mol. The molecule has 0 saturated carbocycles. The highest BCUT2D eigenvalue weighted by molar-refractivity contribution is 7.11. The molecule has 0 aliphatic carbocycles. The Morgan fingerprint density at radius 3 is 2.75 bits per heavy atom. The third-order valence-electron chi connectivity index (χ3n) is 1.65. The summed E-state index contributed by atoms with van der Waals surface area (Å²) in [7, 11) is 0. The first-order chi connectivity index (χ1) is 5.84. The van der Waals surface area contributed by atoms with E-state index in [1.165, 1.54) is 9.88 Å². The highest BCUT2D eigenvalue weighted by atomic mass is 32.1. The Balaban J connectivity index is 2.14. The maximum absolute atomic E-state index is 4.29. The van der Waals surface area contributed by atoms with Crippen LogP contribution in [0.25, 0.3) is 0 Å². The molecule has 0 spiro atoms. The standard InChI is InChI=1S/C9H10N2S/c1-8-6-10-9(12-8)7-11-4-2-3-5-11/h2-6H,7H2,1H3. The van der Waals surface area contributed by atoms with Gasteiger partial charge in [-0.1, -0.05) is 0 Å². The van der Waals surface area contributed by atoms with Crippen molar-refractivity contribution < 1.29 is 0 Å². The fraction of sp³-hybridized carbons (Fsp3) is 0.222. The highest BCUT2D eigenvalue weighted by Crippen LogP contribution is 2.12. The van der Waals surface area contributed by atoms with E-state index in [0.29, 0.717) is 0 Å². The number of nitrogens with zero attached hydrogens (tertiary/aromatic N) is 2. The van der Waals surface area contributed by atoms with Crippen molar-refractivity contribution >= 4 is 11.3 Å². The van der Waals surface area contributed by atoms with Gasteiger partial charge in [0, 0.05) is 23.5 Å². The average Bonchev–Trinajstić information content (AvgIpc) is 2.63. The average molecular weight is 178 g/mol. The summed E-state index contributed by atoms with van der Waals surface area (Å²) in [5.41, 5.74) is 0. The van der Waals surface area contributed by atoms with Crippen LogP contribution >= 0.6 is 11.3 Å². The van der Waals surface area contributed by atoms with E-state index in [1.54, 1.807) is 11.3 Å². The maximum atomic E-state index is 4.29. The molecule has 3 heteroatoms. The minimum Gasteiger partial charge on any atom is -0.347 e. The molecular weight excluding hydrogens is 168 g/mol. The molecule has 2 rings (SSSR count). The summed E-state index contributed by atoms with van der Waals surface area (Å²) in [6, 6.07) is 4.06. The van der Waals surface area contributed by atoms with Crippen LogP contribution in [0.5, 0.6) is 0 Å². The topological polar surface area (TPSA) is 17.8 Å². The Labute approximate surface area is 75.5 Å². The molecule has 62 valence electrons. The molecule has 0 aliphatic heterocycles. The van der Waals surface area contributed by atoms with Crippen LogP contribution in [0.4, 0.5) is 0 Å². The van der Waals surface area contributed by atoms with Crippen molar-refractivity contribution in [1.29, 1.82) is 0 Å². The number of hydrogen-bond acceptors (Lipinski definition) is 2. The molecule has 2 heterocycles. The first kappa shape index (κ1) is 7.55. The summed E-state index contributed by atoms with van der Waals surface area (Å²) >= 11 is 1.75. The molecule has 0 aromatic carbocycles. The van der Waals surface area contributed by atoms with E-state index in [9.17, 15) is 0 Å². The van der Waals surface area contributed by atoms with Gasteiger partial charge in [0.05, 0.1) is 6.54 Å². The Bertz CT molecular complexity index is 348. The van der Waals surface area contributed by atoms with Gasteiger partial charge in [-0.2, -0.15) is 0 Å². The van der Waals surface area contributed by atoms with Gasteiger partial charge in [-0.15, -0.1) is 11.3 Å². The summed E-state index contributed by atoms with van der Waals surface area (Å²) in [5, 5.41) is 1.17. The van der Waals surface area contributed by atoms with Gasteiger partial charge >= 0.3 is 0 Å². The van der Waals surface area contributed by atoms with Crippen molar-refractivity contribution in [2.75, 3.05) is 0 Å². The largest absolute Gasteiger partial charge is 0.347 e. The fourth-order valence-corrected chi connectivity index (χ4v) is 1.90. The lowest BCUT2D eigenvalue weighted by atomic mass is 10.6. The van der Waals surface area contributed by atoms with Crippen molar-refractivity contribution in [3.05, 3.63) is 40.6 Å². The molecule has 2 aromatic heterocycles. The zero-order valence-corrected chi connectivity index (χ0v) is 7.71. The fourth-order valence-electron chi connectivity index (χ4n) is 1.11. The molecule has 2 aromatic rings. The SMILES string of the molecule is Cc1cnc(Cn2cccc2)s1. The van der Waals surface area contributed by atoms with E-state index in [-0.39, 0.29) is 0 Å². The van der Waals surface area contributed by atoms with Crippen LogP contribution in [0.1, 0.15) is 9.88 Å². The highest BCUT2D eigenvalue weighted by Gasteiger charge is 1.97. The lowest BCUT2D eigenvalue weighted by Gasteiger charge is -1.96. The normalized spacial score (nSPS) is 10.4. The molecular formula is C9H10N2S. The third kappa shape index (κ3) is 1.56. The third-order valence-corrected chi connectivity index (χ3v) is 2.55. The Morgan fingerprint density at radius 1 is 1.42 bits per heavy atom. The van der Waals surface area contributed by atoms with Crippen molar-refractivity contribution in [3.8, 4) is 0 Å². The van der Waals surface area contributed by atoms with E-state index in [1.807, 2.05) is 18.3 Å². The number of hydrogen-bond donors (Lipinski definition) is 0. The molecule has 0 bridgehead atoms. The van der Waals surface area contributed by atoms with Crippen LogP contribution in [0.2, 0.25) is 0 Å². The predicted octanol–water partition coefficient (Wildman–Crippen LogP) is 2.30. The Morgan fingerprint density at radius 2 is 2.17 bits per heavy atom. The molecule has 2 nitrogen and oxygen atoms in total. The number of rotatable bonds is 2. The van der Waals surface area contributed by atoms with Gasteiger partial charge < -0.3 is 4.57 Å². The van der Waals surface area contributed by atoms with Crippen LogP contribution in [0, 0.1) is 6.92 Å². The number of aromatic nitrogens is 2. The van der Waals surface area contributed by atoms with Gasteiger partial charge in [-0.25, -0.2) is 4.98 Å². The monoisotopic (exact) mass is 178 g/mol. The molecule has 0 amide bonds. The second-order valence-electron chi connectivity index (χ2n) is 2.72. The van der Waals surface area contributed by atoms with Crippen molar-refractivity contribution in [3.63, 3.8) is 0 Å². The first-order valence-electron chi connectivity index (χ1n) is 3.86. The van der Waals surface area contributed by atoms with Gasteiger partial charge in [-0.05, 0) is 19.1 Å². The molecule has 0 saturated heterocycles. The summed E-state index contributed by atoms with van der Waals surface area (Å²) in [6.07, 6.45) is 6.02. The zero-order valence-electron chi connectivity index (χ0n) is 6.90. The minimum atomic E-state index is 0.894. The molecule has 12 heavy (non-hydrogen) atoms. The lowest BCUT2D eigenvalue weighted by molar-refractivity contribution is 0.799. The molecule has 0 fully saturated rings. The second kappa shape index (κ2) is 3.11. The van der Waals surface area contributed by atoms with E-state index in [0.717, 1.165) is 6.54 Å². The van der Waals surface area contributed by atoms with E-state index in [2.05, 4.69) is 28.9 Å². The molecule has 0 radical (unpaired) electrons. The Hall–Kier alpha value is -1.09. The maximum Gasteiger partial charge on any atom is 0.113 e. The van der Waals surface area contributed by atoms with Crippen molar-refractivity contribution in [2.45, 2.75) is 13.5 Å². The van der Waals surface area contributed by atoms with Gasteiger partial charge in [0.2, 0.25) is 0 Å². The second-order valence-corrected chi connectivity index (χ2v) is 4.04. The van der Waals surface area contributed by atoms with Crippen LogP contribution in [-0.2, 0) is 6.54 Å². The van der Waals surface area contributed by atoms with Gasteiger partial charge in [-0.3, -0.25) is 0 Å². The van der Waals surface area contributed by atoms with Crippen LogP contribution in [-0.4, -0.2) is 9.55 Å². The van der Waals surface area contributed by atoms with Crippen LogP contribution in [0.3, 0.4) is 0 Å². The van der Waals surface area contributed by atoms with E-state index in [4.69, 9.17) is 0 Å². The lowest BCUT2D eigenvalue weighted by Crippen LogP contribution is -1.94. The zero-order chi connectivity index (χ0) is 8.39. The minimum absolute atomic E-state index is 0.894. The molecule has 0 N–H and O–H groups in total. The number of aryl methyl sites for hydroxylation is 1. The quantitative estimate of drug-likeness (QED) is 0.690. The molecule has 0 atom stereocenters. The van der Waals surface area contributed by atoms with Crippen LogP contribution < -0.4 is 0 Å².